The van der Waals surface area contributed by atoms with Crippen molar-refractivity contribution in [2.24, 2.45) is 5.92 Å². The molecule has 19 heavy (non-hydrogen) atoms. The van der Waals surface area contributed by atoms with Crippen molar-refractivity contribution in [2.45, 2.75) is 6.42 Å². The van der Waals surface area contributed by atoms with Crippen LogP contribution < -0.4 is 10.6 Å². The number of fused-ring (bicyclic) bond motifs is 1. The van der Waals surface area contributed by atoms with Gasteiger partial charge in [0.05, 0.1) is 17.6 Å². The van der Waals surface area contributed by atoms with Crippen molar-refractivity contribution in [2.75, 3.05) is 37.4 Å². The molecular weight excluding hydrogens is 240 g/mol. The van der Waals surface area contributed by atoms with Crippen molar-refractivity contribution < 1.29 is 4.74 Å². The highest BCUT2D eigenvalue weighted by atomic mass is 16.5. The van der Waals surface area contributed by atoms with Crippen molar-refractivity contribution in [3.63, 3.8) is 0 Å². The third kappa shape index (κ3) is 2.33. The average molecular weight is 258 g/mol. The lowest BCUT2D eigenvalue weighted by Crippen LogP contribution is -2.23. The molecule has 2 heterocycles. The van der Waals surface area contributed by atoms with E-state index in [4.69, 9.17) is 10.5 Å². The third-order valence-electron chi connectivity index (χ3n) is 3.57. The molecule has 0 aliphatic carbocycles. The smallest absolute Gasteiger partial charge is 0.172 e. The lowest BCUT2D eigenvalue weighted by Gasteiger charge is -2.19. The predicted molar refractivity (Wildman–Crippen MR) is 76.1 cm³/mol. The molecule has 2 aromatic rings. The number of benzene rings is 1. The lowest BCUT2D eigenvalue weighted by molar-refractivity contribution is 0.161. The van der Waals surface area contributed by atoms with Crippen LogP contribution in [0, 0.1) is 5.92 Å². The van der Waals surface area contributed by atoms with Crippen LogP contribution in [0.1, 0.15) is 6.42 Å². The molecule has 1 fully saturated rings. The Morgan fingerprint density at radius 1 is 1.32 bits per heavy atom. The number of ether oxygens (including phenoxy) is 1. The highest BCUT2D eigenvalue weighted by Gasteiger charge is 2.25. The summed E-state index contributed by atoms with van der Waals surface area (Å²) in [7, 11) is 1.74. The van der Waals surface area contributed by atoms with Crippen LogP contribution in [0.25, 0.3) is 11.0 Å². The van der Waals surface area contributed by atoms with Gasteiger partial charge in [0.1, 0.15) is 0 Å². The van der Waals surface area contributed by atoms with E-state index in [1.54, 1.807) is 7.11 Å². The van der Waals surface area contributed by atoms with Crippen LogP contribution in [0.5, 0.6) is 0 Å². The van der Waals surface area contributed by atoms with Crippen LogP contribution in [0.4, 0.5) is 11.6 Å². The van der Waals surface area contributed by atoms with Crippen LogP contribution >= 0.6 is 0 Å². The Kier molecular flexibility index (Phi) is 3.21. The van der Waals surface area contributed by atoms with Crippen molar-refractivity contribution in [1.82, 2.24) is 9.97 Å². The van der Waals surface area contributed by atoms with E-state index < -0.39 is 0 Å². The van der Waals surface area contributed by atoms with Gasteiger partial charge in [0, 0.05) is 26.1 Å². The molecule has 1 aliphatic rings. The summed E-state index contributed by atoms with van der Waals surface area (Å²) in [6.45, 7) is 2.69. The minimum Gasteiger partial charge on any atom is -0.384 e. The fourth-order valence-electron chi connectivity index (χ4n) is 2.63. The first-order chi connectivity index (χ1) is 9.28. The zero-order chi connectivity index (χ0) is 13.2. The Morgan fingerprint density at radius 2 is 2.05 bits per heavy atom. The summed E-state index contributed by atoms with van der Waals surface area (Å²) in [5.41, 5.74) is 7.77. The van der Waals surface area contributed by atoms with Crippen LogP contribution in [0.3, 0.4) is 0 Å². The highest BCUT2D eigenvalue weighted by molar-refractivity contribution is 5.79. The molecule has 2 N–H and O–H groups in total. The summed E-state index contributed by atoms with van der Waals surface area (Å²) in [6.07, 6.45) is 1.11. The van der Waals surface area contributed by atoms with Gasteiger partial charge in [-0.25, -0.2) is 9.97 Å². The van der Waals surface area contributed by atoms with E-state index in [2.05, 4.69) is 14.9 Å². The molecule has 1 aromatic carbocycles. The van der Waals surface area contributed by atoms with Gasteiger partial charge in [-0.05, 0) is 18.6 Å². The number of hydrogen-bond donors (Lipinski definition) is 1. The minimum absolute atomic E-state index is 0.511. The van der Waals surface area contributed by atoms with E-state index in [0.29, 0.717) is 11.7 Å². The average Bonchev–Trinajstić information content (AvgIpc) is 2.87. The first kappa shape index (κ1) is 12.2. The maximum atomic E-state index is 6.04. The molecule has 1 aromatic heterocycles. The maximum absolute atomic E-state index is 6.04. The number of hydrogen-bond acceptors (Lipinski definition) is 5. The third-order valence-corrected chi connectivity index (χ3v) is 3.57. The molecule has 1 aliphatic heterocycles. The summed E-state index contributed by atoms with van der Waals surface area (Å²) in [6, 6.07) is 7.81. The largest absolute Gasteiger partial charge is 0.384 e. The van der Waals surface area contributed by atoms with Gasteiger partial charge in [0.15, 0.2) is 11.6 Å². The van der Waals surface area contributed by atoms with Crippen LogP contribution in [0.15, 0.2) is 24.3 Å². The molecule has 0 amide bonds. The Balaban J connectivity index is 1.90. The summed E-state index contributed by atoms with van der Waals surface area (Å²) < 4.78 is 5.22. The molecule has 0 spiro atoms. The van der Waals surface area contributed by atoms with Crippen LogP contribution in [0.2, 0.25) is 0 Å². The quantitative estimate of drug-likeness (QED) is 0.907. The molecule has 100 valence electrons. The molecule has 0 bridgehead atoms. The van der Waals surface area contributed by atoms with Gasteiger partial charge in [-0.3, -0.25) is 0 Å². The van der Waals surface area contributed by atoms with Gasteiger partial charge < -0.3 is 15.4 Å². The maximum Gasteiger partial charge on any atom is 0.172 e. The van der Waals surface area contributed by atoms with Gasteiger partial charge in [0.2, 0.25) is 0 Å². The molecule has 0 radical (unpaired) electrons. The van der Waals surface area contributed by atoms with Crippen molar-refractivity contribution in [3.8, 4) is 0 Å². The molecule has 3 rings (SSSR count). The van der Waals surface area contributed by atoms with Crippen LogP contribution in [-0.4, -0.2) is 36.8 Å². The Labute approximate surface area is 112 Å². The SMILES string of the molecule is COCC1CCN(c2nc3ccccc3nc2N)C1. The number of nitrogen functional groups attached to an aromatic ring is 1. The summed E-state index contributed by atoms with van der Waals surface area (Å²) in [4.78, 5) is 11.3. The Hall–Kier alpha value is -1.88. The number of anilines is 2. The standard InChI is InChI=1S/C14H18N4O/c1-19-9-10-6-7-18(8-10)14-13(15)16-11-4-2-3-5-12(11)17-14/h2-5,10H,6-9H2,1H3,(H2,15,16). The Bertz CT molecular complexity index is 587. The van der Waals surface area contributed by atoms with Gasteiger partial charge in [-0.1, -0.05) is 12.1 Å². The number of rotatable bonds is 3. The van der Waals surface area contributed by atoms with Gasteiger partial charge in [-0.2, -0.15) is 0 Å². The number of para-hydroxylation sites is 2. The van der Waals surface area contributed by atoms with Gasteiger partial charge in [0.25, 0.3) is 0 Å². The van der Waals surface area contributed by atoms with E-state index in [1.807, 2.05) is 24.3 Å². The first-order valence-corrected chi connectivity index (χ1v) is 6.54. The molecule has 5 heteroatoms. The minimum atomic E-state index is 0.511. The zero-order valence-electron chi connectivity index (χ0n) is 11.0. The fraction of sp³-hybridized carbons (Fsp3) is 0.429. The Morgan fingerprint density at radius 3 is 2.79 bits per heavy atom. The van der Waals surface area contributed by atoms with E-state index >= 15 is 0 Å². The van der Waals surface area contributed by atoms with Crippen molar-refractivity contribution in [3.05, 3.63) is 24.3 Å². The molecule has 1 saturated heterocycles. The molecule has 1 atom stereocenters. The second-order valence-corrected chi connectivity index (χ2v) is 4.98. The first-order valence-electron chi connectivity index (χ1n) is 6.54. The summed E-state index contributed by atoms with van der Waals surface area (Å²) >= 11 is 0. The number of aromatic nitrogens is 2. The van der Waals surface area contributed by atoms with Crippen molar-refractivity contribution >= 4 is 22.7 Å². The number of nitrogens with zero attached hydrogens (tertiary/aromatic N) is 3. The molecular formula is C14H18N4O. The number of nitrogens with two attached hydrogens (primary N) is 1. The molecule has 0 saturated carbocycles. The summed E-state index contributed by atoms with van der Waals surface area (Å²) in [5.74, 6) is 1.87. The van der Waals surface area contributed by atoms with Gasteiger partial charge in [-0.15, -0.1) is 0 Å². The van der Waals surface area contributed by atoms with Crippen LogP contribution in [-0.2, 0) is 4.74 Å². The lowest BCUT2D eigenvalue weighted by atomic mass is 10.1. The van der Waals surface area contributed by atoms with E-state index in [0.717, 1.165) is 43.0 Å². The second kappa shape index (κ2) is 5.01. The summed E-state index contributed by atoms with van der Waals surface area (Å²) in [5, 5.41) is 0. The molecule has 5 nitrogen and oxygen atoms in total. The highest BCUT2D eigenvalue weighted by Crippen LogP contribution is 2.27. The predicted octanol–water partition coefficient (Wildman–Crippen LogP) is 1.68. The normalized spacial score (nSPS) is 19.2. The van der Waals surface area contributed by atoms with E-state index in [1.165, 1.54) is 0 Å². The van der Waals surface area contributed by atoms with E-state index in [-0.39, 0.29) is 0 Å². The van der Waals surface area contributed by atoms with E-state index in [9.17, 15) is 0 Å². The van der Waals surface area contributed by atoms with Crippen molar-refractivity contribution in [1.29, 1.82) is 0 Å². The zero-order valence-corrected chi connectivity index (χ0v) is 11.0. The number of methoxy groups -OCH3 is 1. The monoisotopic (exact) mass is 258 g/mol. The fourth-order valence-corrected chi connectivity index (χ4v) is 2.63. The topological polar surface area (TPSA) is 64.3 Å². The van der Waals surface area contributed by atoms with Gasteiger partial charge >= 0.3 is 0 Å². The second-order valence-electron chi connectivity index (χ2n) is 4.98. The molecule has 1 unspecified atom stereocenters.